The van der Waals surface area contributed by atoms with Crippen LogP contribution in [0.25, 0.3) is 11.0 Å². The van der Waals surface area contributed by atoms with Crippen LogP contribution in [0, 0.1) is 0 Å². The van der Waals surface area contributed by atoms with Crippen LogP contribution >= 0.6 is 0 Å². The van der Waals surface area contributed by atoms with E-state index in [9.17, 15) is 0 Å². The Hall–Kier alpha value is -2.24. The number of aryl methyl sites for hydroxylation is 1. The lowest BCUT2D eigenvalue weighted by molar-refractivity contribution is 0.0730. The number of H-pyrrole nitrogens is 1. The first-order valence-corrected chi connectivity index (χ1v) is 12.7. The minimum Gasteiger partial charge on any atom is -0.341 e. The fourth-order valence-electron chi connectivity index (χ4n) is 5.75. The number of imidazole rings is 1. The molecule has 0 bridgehead atoms. The molecular formula is C27H37N5. The van der Waals surface area contributed by atoms with Gasteiger partial charge in [-0.2, -0.15) is 0 Å². The van der Waals surface area contributed by atoms with Crippen molar-refractivity contribution >= 4 is 11.0 Å². The molecule has 5 nitrogen and oxygen atoms in total. The Labute approximate surface area is 192 Å². The molecule has 1 aromatic carbocycles. The number of fused-ring (bicyclic) bond motifs is 2. The summed E-state index contributed by atoms with van der Waals surface area (Å²) in [5, 5.41) is 3.80. The Bertz CT molecular complexity index is 971. The number of para-hydroxylation sites is 2. The maximum absolute atomic E-state index is 4.93. The fourth-order valence-corrected chi connectivity index (χ4v) is 5.75. The van der Waals surface area contributed by atoms with Crippen LogP contribution < -0.4 is 5.32 Å². The highest BCUT2D eigenvalue weighted by Crippen LogP contribution is 2.38. The van der Waals surface area contributed by atoms with Gasteiger partial charge in [-0.25, -0.2) is 4.98 Å². The van der Waals surface area contributed by atoms with E-state index in [1.54, 1.807) is 0 Å². The number of rotatable bonds is 8. The van der Waals surface area contributed by atoms with E-state index in [2.05, 4.69) is 58.5 Å². The van der Waals surface area contributed by atoms with Crippen LogP contribution in [0.1, 0.15) is 81.4 Å². The first kappa shape index (κ1) is 21.6. The zero-order valence-electron chi connectivity index (χ0n) is 19.4. The van der Waals surface area contributed by atoms with E-state index in [1.165, 1.54) is 62.6 Å². The average Bonchev–Trinajstić information content (AvgIpc) is 3.26. The number of hydrogen-bond acceptors (Lipinski definition) is 4. The highest BCUT2D eigenvalue weighted by Gasteiger charge is 2.34. The summed E-state index contributed by atoms with van der Waals surface area (Å²) < 4.78 is 0. The Morgan fingerprint density at radius 2 is 1.94 bits per heavy atom. The molecule has 5 heteroatoms. The number of hydrogen-bond donors (Lipinski definition) is 2. The van der Waals surface area contributed by atoms with Crippen LogP contribution in [-0.4, -0.2) is 38.5 Å². The van der Waals surface area contributed by atoms with E-state index < -0.39 is 0 Å². The summed E-state index contributed by atoms with van der Waals surface area (Å²) in [4.78, 5) is 16.1. The molecule has 1 fully saturated rings. The van der Waals surface area contributed by atoms with Crippen molar-refractivity contribution in [2.24, 2.45) is 0 Å². The quantitative estimate of drug-likeness (QED) is 0.460. The van der Waals surface area contributed by atoms with Gasteiger partial charge in [0.15, 0.2) is 0 Å². The largest absolute Gasteiger partial charge is 0.341 e. The molecular weight excluding hydrogens is 394 g/mol. The van der Waals surface area contributed by atoms with Crippen LogP contribution in [0.3, 0.4) is 0 Å². The van der Waals surface area contributed by atoms with Gasteiger partial charge in [-0.1, -0.05) is 31.5 Å². The molecule has 0 amide bonds. The second kappa shape index (κ2) is 10.1. The molecule has 3 aromatic rings. The van der Waals surface area contributed by atoms with E-state index in [1.807, 2.05) is 6.20 Å². The van der Waals surface area contributed by atoms with Crippen molar-refractivity contribution in [3.63, 3.8) is 0 Å². The molecule has 2 heterocycles. The molecule has 2 aliphatic carbocycles. The van der Waals surface area contributed by atoms with Crippen molar-refractivity contribution in [1.29, 1.82) is 0 Å². The van der Waals surface area contributed by atoms with E-state index in [0.29, 0.717) is 18.1 Å². The normalized spacial score (nSPS) is 23.5. The molecule has 170 valence electrons. The number of aromatic nitrogens is 3. The summed E-state index contributed by atoms with van der Waals surface area (Å²) in [5.41, 5.74) is 4.94. The van der Waals surface area contributed by atoms with Crippen molar-refractivity contribution in [3.05, 3.63) is 59.7 Å². The highest BCUT2D eigenvalue weighted by atomic mass is 15.2. The van der Waals surface area contributed by atoms with Crippen molar-refractivity contribution in [3.8, 4) is 0 Å². The standard InChI is InChI=1S/C27H37N5/c1-2-3-17-28-21-13-15-22(16-14-21)32(19-26-30-23-10-4-5-11-24(23)31-26)25-12-6-8-20-9-7-18-29-27(20)25/h4-5,7,9-11,18,21-22,25,28H,2-3,6,8,12-17,19H2,1H3,(H,30,31)/t21-,22-,25?. The van der Waals surface area contributed by atoms with Crippen molar-refractivity contribution in [2.75, 3.05) is 6.54 Å². The summed E-state index contributed by atoms with van der Waals surface area (Å²) in [7, 11) is 0. The minimum absolute atomic E-state index is 0.391. The second-order valence-corrected chi connectivity index (χ2v) is 9.64. The van der Waals surface area contributed by atoms with Gasteiger partial charge in [-0.3, -0.25) is 9.88 Å². The zero-order chi connectivity index (χ0) is 21.8. The van der Waals surface area contributed by atoms with Gasteiger partial charge in [0.2, 0.25) is 0 Å². The Balaban J connectivity index is 1.37. The molecule has 0 radical (unpaired) electrons. The smallest absolute Gasteiger partial charge is 0.121 e. The Kier molecular flexibility index (Phi) is 6.84. The Morgan fingerprint density at radius 1 is 1.06 bits per heavy atom. The molecule has 2 aromatic heterocycles. The molecule has 1 unspecified atom stereocenters. The van der Waals surface area contributed by atoms with Gasteiger partial charge in [-0.05, 0) is 81.7 Å². The molecule has 5 rings (SSSR count). The van der Waals surface area contributed by atoms with Crippen LogP contribution in [0.5, 0.6) is 0 Å². The summed E-state index contributed by atoms with van der Waals surface area (Å²) in [5.74, 6) is 1.08. The molecule has 0 saturated heterocycles. The van der Waals surface area contributed by atoms with Crippen LogP contribution in [0.15, 0.2) is 42.6 Å². The van der Waals surface area contributed by atoms with E-state index in [-0.39, 0.29) is 0 Å². The molecule has 0 aliphatic heterocycles. The summed E-state index contributed by atoms with van der Waals surface area (Å²) in [6, 6.07) is 14.4. The van der Waals surface area contributed by atoms with E-state index in [0.717, 1.165) is 36.4 Å². The van der Waals surface area contributed by atoms with Crippen molar-refractivity contribution < 1.29 is 0 Å². The topological polar surface area (TPSA) is 56.8 Å². The van der Waals surface area contributed by atoms with Crippen molar-refractivity contribution in [1.82, 2.24) is 25.2 Å². The number of nitrogens with zero attached hydrogens (tertiary/aromatic N) is 3. The molecule has 1 atom stereocenters. The maximum atomic E-state index is 4.93. The van der Waals surface area contributed by atoms with Gasteiger partial charge >= 0.3 is 0 Å². The predicted octanol–water partition coefficient (Wildman–Crippen LogP) is 5.54. The number of nitrogens with one attached hydrogen (secondary N) is 2. The maximum Gasteiger partial charge on any atom is 0.121 e. The molecule has 2 N–H and O–H groups in total. The van der Waals surface area contributed by atoms with Gasteiger partial charge in [0.25, 0.3) is 0 Å². The fraction of sp³-hybridized carbons (Fsp3) is 0.556. The SMILES string of the molecule is CCCCN[C@H]1CC[C@H](N(Cc2nc3ccccc3[nH]2)C2CCCc3cccnc32)CC1. The highest BCUT2D eigenvalue weighted by molar-refractivity contribution is 5.74. The first-order valence-electron chi connectivity index (χ1n) is 12.7. The van der Waals surface area contributed by atoms with Gasteiger partial charge in [0.05, 0.1) is 29.3 Å². The first-order chi connectivity index (χ1) is 15.8. The molecule has 2 aliphatic rings. The summed E-state index contributed by atoms with van der Waals surface area (Å²) >= 11 is 0. The molecule has 1 saturated carbocycles. The minimum atomic E-state index is 0.391. The van der Waals surface area contributed by atoms with Gasteiger partial charge in [0, 0.05) is 18.3 Å². The third-order valence-corrected chi connectivity index (χ3v) is 7.47. The van der Waals surface area contributed by atoms with Gasteiger partial charge in [0.1, 0.15) is 5.82 Å². The third kappa shape index (κ3) is 4.74. The van der Waals surface area contributed by atoms with E-state index >= 15 is 0 Å². The number of pyridine rings is 1. The summed E-state index contributed by atoms with van der Waals surface area (Å²) in [6.07, 6.45) is 13.2. The Morgan fingerprint density at radius 3 is 2.78 bits per heavy atom. The average molecular weight is 432 g/mol. The van der Waals surface area contributed by atoms with Gasteiger partial charge < -0.3 is 10.3 Å². The molecule has 32 heavy (non-hydrogen) atoms. The zero-order valence-corrected chi connectivity index (χ0v) is 19.4. The second-order valence-electron chi connectivity index (χ2n) is 9.64. The lowest BCUT2D eigenvalue weighted by Gasteiger charge is -2.42. The van der Waals surface area contributed by atoms with Crippen LogP contribution in [-0.2, 0) is 13.0 Å². The van der Waals surface area contributed by atoms with E-state index in [4.69, 9.17) is 9.97 Å². The van der Waals surface area contributed by atoms with Crippen LogP contribution in [0.2, 0.25) is 0 Å². The lowest BCUT2D eigenvalue weighted by atomic mass is 9.85. The van der Waals surface area contributed by atoms with Gasteiger partial charge in [-0.15, -0.1) is 0 Å². The molecule has 0 spiro atoms. The predicted molar refractivity (Wildman–Crippen MR) is 131 cm³/mol. The third-order valence-electron chi connectivity index (χ3n) is 7.47. The number of benzene rings is 1. The monoisotopic (exact) mass is 431 g/mol. The number of aromatic amines is 1. The van der Waals surface area contributed by atoms with Crippen molar-refractivity contribution in [2.45, 2.75) is 89.4 Å². The summed E-state index contributed by atoms with van der Waals surface area (Å²) in [6.45, 7) is 4.30. The number of unbranched alkanes of at least 4 members (excludes halogenated alkanes) is 1. The lowest BCUT2D eigenvalue weighted by Crippen LogP contribution is -2.45. The van der Waals surface area contributed by atoms with Crippen LogP contribution in [0.4, 0.5) is 0 Å².